The second kappa shape index (κ2) is 9.09. The molecule has 0 aliphatic carbocycles. The van der Waals surface area contributed by atoms with Crippen molar-refractivity contribution in [1.82, 2.24) is 5.32 Å². The summed E-state index contributed by atoms with van der Waals surface area (Å²) in [6, 6.07) is 6.74. The predicted octanol–water partition coefficient (Wildman–Crippen LogP) is 1.38. The topological polar surface area (TPSA) is 81.7 Å². The Morgan fingerprint density at radius 2 is 1.91 bits per heavy atom. The van der Waals surface area contributed by atoms with E-state index in [1.165, 1.54) is 14.2 Å². The molecular formula is C14H20ClNO5S. The van der Waals surface area contributed by atoms with E-state index < -0.39 is 16.1 Å². The molecule has 1 aromatic rings. The summed E-state index contributed by atoms with van der Waals surface area (Å²) >= 11 is 5.94. The highest BCUT2D eigenvalue weighted by molar-refractivity contribution is 7.90. The molecule has 8 heteroatoms. The van der Waals surface area contributed by atoms with Gasteiger partial charge in [-0.3, -0.25) is 4.79 Å². The van der Waals surface area contributed by atoms with Gasteiger partial charge < -0.3 is 14.8 Å². The lowest BCUT2D eigenvalue weighted by Crippen LogP contribution is -2.35. The van der Waals surface area contributed by atoms with Crippen LogP contribution in [0.2, 0.25) is 5.02 Å². The number of sulfone groups is 1. The molecule has 0 fully saturated rings. The fraction of sp³-hybridized carbons (Fsp3) is 0.500. The molecule has 0 spiro atoms. The summed E-state index contributed by atoms with van der Waals surface area (Å²) in [7, 11) is -0.504. The largest absolute Gasteiger partial charge is 0.354 e. The van der Waals surface area contributed by atoms with Crippen molar-refractivity contribution < 1.29 is 22.7 Å². The maximum Gasteiger partial charge on any atom is 0.221 e. The van der Waals surface area contributed by atoms with E-state index >= 15 is 0 Å². The number of hydrogen-bond acceptors (Lipinski definition) is 5. The Balaban J connectivity index is 2.45. The van der Waals surface area contributed by atoms with Crippen LogP contribution >= 0.6 is 11.6 Å². The number of ether oxygens (including phenoxy) is 2. The second-order valence-corrected chi connectivity index (χ2v) is 7.23. The van der Waals surface area contributed by atoms with Gasteiger partial charge in [0.1, 0.15) is 0 Å². The fourth-order valence-electron chi connectivity index (χ4n) is 1.72. The first-order valence-corrected chi connectivity index (χ1v) is 8.84. The smallest absolute Gasteiger partial charge is 0.221 e. The standard InChI is InChI=1S/C14H20ClNO5S/c1-20-14(21-2)9-16-13(17)7-8-22(18,19)10-11-5-3-4-6-12(11)15/h3-6,14H,7-10H2,1-2H3,(H,16,17). The molecule has 0 bridgehead atoms. The highest BCUT2D eigenvalue weighted by Crippen LogP contribution is 2.18. The lowest BCUT2D eigenvalue weighted by atomic mass is 10.2. The van der Waals surface area contributed by atoms with Gasteiger partial charge >= 0.3 is 0 Å². The SMILES string of the molecule is COC(CNC(=O)CCS(=O)(=O)Cc1ccccc1Cl)OC. The average Bonchev–Trinajstić information content (AvgIpc) is 2.48. The van der Waals surface area contributed by atoms with Crippen molar-refractivity contribution in [2.24, 2.45) is 0 Å². The normalized spacial score (nSPS) is 11.6. The average molecular weight is 350 g/mol. The van der Waals surface area contributed by atoms with Gasteiger partial charge in [-0.15, -0.1) is 0 Å². The zero-order valence-electron chi connectivity index (χ0n) is 12.5. The van der Waals surface area contributed by atoms with Gasteiger partial charge in [0.15, 0.2) is 16.1 Å². The molecule has 0 radical (unpaired) electrons. The van der Waals surface area contributed by atoms with Crippen LogP contribution in [0, 0.1) is 0 Å². The molecule has 6 nitrogen and oxygen atoms in total. The van der Waals surface area contributed by atoms with Crippen molar-refractivity contribution in [3.05, 3.63) is 34.9 Å². The molecule has 0 aromatic heterocycles. The molecule has 0 saturated carbocycles. The summed E-state index contributed by atoms with van der Waals surface area (Å²) < 4.78 is 33.9. The van der Waals surface area contributed by atoms with E-state index in [-0.39, 0.29) is 30.4 Å². The maximum atomic E-state index is 12.0. The number of methoxy groups -OCH3 is 2. The van der Waals surface area contributed by atoms with Crippen LogP contribution in [0.3, 0.4) is 0 Å². The minimum Gasteiger partial charge on any atom is -0.354 e. The predicted molar refractivity (Wildman–Crippen MR) is 84.4 cm³/mol. The van der Waals surface area contributed by atoms with Crippen LogP contribution in [0.4, 0.5) is 0 Å². The van der Waals surface area contributed by atoms with Crippen LogP contribution in [-0.2, 0) is 29.9 Å². The summed E-state index contributed by atoms with van der Waals surface area (Å²) in [6.45, 7) is 0.163. The van der Waals surface area contributed by atoms with Crippen molar-refractivity contribution in [2.75, 3.05) is 26.5 Å². The number of rotatable bonds is 9. The molecule has 1 N–H and O–H groups in total. The third-order valence-corrected chi connectivity index (χ3v) is 4.91. The summed E-state index contributed by atoms with van der Waals surface area (Å²) in [4.78, 5) is 11.6. The molecule has 0 heterocycles. The van der Waals surface area contributed by atoms with Crippen LogP contribution in [0.25, 0.3) is 0 Å². The third-order valence-electron chi connectivity index (χ3n) is 2.97. The number of carbonyl (C=O) groups excluding carboxylic acids is 1. The van der Waals surface area contributed by atoms with Gasteiger partial charge in [-0.1, -0.05) is 29.8 Å². The van der Waals surface area contributed by atoms with Gasteiger partial charge in [0.2, 0.25) is 5.91 Å². The Hall–Kier alpha value is -1.15. The van der Waals surface area contributed by atoms with E-state index in [2.05, 4.69) is 5.32 Å². The summed E-state index contributed by atoms with van der Waals surface area (Å²) in [5, 5.41) is 2.95. The molecule has 1 aromatic carbocycles. The van der Waals surface area contributed by atoms with Gasteiger partial charge in [-0.25, -0.2) is 8.42 Å². The quantitative estimate of drug-likeness (QED) is 0.681. The Kier molecular flexibility index (Phi) is 7.81. The van der Waals surface area contributed by atoms with Crippen molar-refractivity contribution in [2.45, 2.75) is 18.5 Å². The molecule has 1 amide bonds. The number of nitrogens with one attached hydrogen (secondary N) is 1. The Morgan fingerprint density at radius 1 is 1.27 bits per heavy atom. The lowest BCUT2D eigenvalue weighted by Gasteiger charge is -2.14. The first kappa shape index (κ1) is 18.9. The summed E-state index contributed by atoms with van der Waals surface area (Å²) in [5.41, 5.74) is 0.531. The summed E-state index contributed by atoms with van der Waals surface area (Å²) in [6.07, 6.45) is -0.670. The lowest BCUT2D eigenvalue weighted by molar-refractivity contribution is -0.127. The molecule has 22 heavy (non-hydrogen) atoms. The zero-order chi connectivity index (χ0) is 16.6. The van der Waals surface area contributed by atoms with E-state index in [1.54, 1.807) is 24.3 Å². The van der Waals surface area contributed by atoms with Crippen molar-refractivity contribution in [3.63, 3.8) is 0 Å². The highest BCUT2D eigenvalue weighted by atomic mass is 35.5. The first-order chi connectivity index (χ1) is 10.4. The number of halogens is 1. The molecular weight excluding hydrogens is 330 g/mol. The number of benzene rings is 1. The highest BCUT2D eigenvalue weighted by Gasteiger charge is 2.16. The van der Waals surface area contributed by atoms with E-state index in [4.69, 9.17) is 21.1 Å². The van der Waals surface area contributed by atoms with Gasteiger partial charge in [0.05, 0.1) is 18.1 Å². The van der Waals surface area contributed by atoms with E-state index in [1.807, 2.05) is 0 Å². The third kappa shape index (κ3) is 6.74. The number of carbonyl (C=O) groups is 1. The molecule has 0 aliphatic rings. The van der Waals surface area contributed by atoms with Crippen LogP contribution in [0.15, 0.2) is 24.3 Å². The Labute approximate surface area is 135 Å². The van der Waals surface area contributed by atoms with Gasteiger partial charge in [-0.2, -0.15) is 0 Å². The van der Waals surface area contributed by atoms with Crippen molar-refractivity contribution in [3.8, 4) is 0 Å². The minimum atomic E-state index is -3.41. The van der Waals surface area contributed by atoms with Crippen molar-refractivity contribution >= 4 is 27.3 Å². The fourth-order valence-corrected chi connectivity index (χ4v) is 3.37. The van der Waals surface area contributed by atoms with Crippen LogP contribution in [-0.4, -0.2) is 47.1 Å². The van der Waals surface area contributed by atoms with E-state index in [0.717, 1.165) is 0 Å². The van der Waals surface area contributed by atoms with Crippen LogP contribution < -0.4 is 5.32 Å². The zero-order valence-corrected chi connectivity index (χ0v) is 14.1. The molecule has 1 rings (SSSR count). The van der Waals surface area contributed by atoms with Crippen LogP contribution in [0.5, 0.6) is 0 Å². The maximum absolute atomic E-state index is 12.0. The van der Waals surface area contributed by atoms with E-state index in [9.17, 15) is 13.2 Å². The Morgan fingerprint density at radius 3 is 2.50 bits per heavy atom. The minimum absolute atomic E-state index is 0.118. The van der Waals surface area contributed by atoms with Crippen LogP contribution in [0.1, 0.15) is 12.0 Å². The van der Waals surface area contributed by atoms with Gasteiger partial charge in [-0.05, 0) is 11.6 Å². The monoisotopic (exact) mass is 349 g/mol. The first-order valence-electron chi connectivity index (χ1n) is 6.64. The van der Waals surface area contributed by atoms with Crippen molar-refractivity contribution in [1.29, 1.82) is 0 Å². The van der Waals surface area contributed by atoms with Gasteiger partial charge in [0, 0.05) is 25.7 Å². The molecule has 0 aliphatic heterocycles. The second-order valence-electron chi connectivity index (χ2n) is 4.64. The number of hydrogen-bond donors (Lipinski definition) is 1. The summed E-state index contributed by atoms with van der Waals surface area (Å²) in [5.74, 6) is -0.797. The molecule has 0 unspecified atom stereocenters. The van der Waals surface area contributed by atoms with E-state index in [0.29, 0.717) is 10.6 Å². The molecule has 0 atom stereocenters. The molecule has 124 valence electrons. The van der Waals surface area contributed by atoms with Gasteiger partial charge in [0.25, 0.3) is 0 Å². The Bertz CT molecular complexity index is 587. The molecule has 0 saturated heterocycles. The number of amides is 1.